The fraction of sp³-hybridized carbons (Fsp3) is 0.442. The van der Waals surface area contributed by atoms with Gasteiger partial charge in [-0.3, -0.25) is 24.3 Å². The molecule has 33 heteroatoms. The number of hydrogen-bond acceptors (Lipinski definition) is 21. The van der Waals surface area contributed by atoms with Gasteiger partial charge in [0.1, 0.15) is 46.9 Å². The average molecular weight is 2300 g/mol. The molecule has 146 heavy (non-hydrogen) atoms. The number of likely N-dealkylation sites (tertiary alicyclic amines) is 2. The number of anilines is 1. The maximum Gasteiger partial charge on any atom is 1.00 e. The smallest absolute Gasteiger partial charge is 1.00 e. The summed E-state index contributed by atoms with van der Waals surface area (Å²) in [7, 11) is 4.32. The number of piperidine rings is 2. The Kier molecular flexibility index (Phi) is 54.7. The third-order valence-corrected chi connectivity index (χ3v) is 29.8. The van der Waals surface area contributed by atoms with Gasteiger partial charge in [0.15, 0.2) is 5.56 Å². The van der Waals surface area contributed by atoms with Gasteiger partial charge in [-0.05, 0) is 303 Å². The molecule has 5 N–H and O–H groups in total. The van der Waals surface area contributed by atoms with Gasteiger partial charge >= 0.3 is 98.3 Å². The number of carbonyl (C=O) groups is 5. The number of rotatable bonds is 12. The number of nitrogens with zero attached hydrogens (tertiary/aromatic N) is 4. The standard InChI is InChI=1S/C20H22ClNO.C19H24ClNO.C19H20ClNO.C13H15ClO.C13H17NO.C7H7ClO.C7H10O.C6H6ClNO.C4H6O4.C3H4Cl2O2.C2H3BO2.HI.K.Na/c1-16-13-19(21)7-8-20(16)23-15-18-9-11-22(12-10-18)14-17-5-3-2-4-6-17;20-15-3-4-18-16(11-15)19(12-22-18)5-7-21(8-6-19)17-10-13-1-2-14(17)9-13;20-16-6-7-18-17(12-16)19(14-22-18)8-10-21(11-9-19)13-15-4-2-1-3-5-15;14-10-4-5-12-11(8-10)13(9-15-12)6-2-1-3-7-13;15-11-13-6-8-14(9-7-13)10-12-4-2-1-3-5-12;1-5-4-6(8)2-3-7(5)9;8-7-4-5-1-2-6(7)3-5;7-4-1-2-6(9)5(8)3-4;1-3(5)7-8-4(2)6;1-2(4)7-3(5)6;1-2(4)5-3;;;/h2-9,13H,10-12,14-15H2,1H3;3-4,11,13-14,17H,1-2,5-10,12H2;1-7,12H,8-11,13-14H2;4-5,8H,1-3,6-7,9H2;1-6,15H,7-11H2;2-4,9H,1H3;5-6H,1-4H2;1-3,9H,8H2;1-2H3;2H,1H3;1H3;1H;;/q;;;;;;;;;;-1;;2*+1/p-1/t;13-,14+,17-;;;;;5-,6+;;;;;;;/m.1....1......./s1. The zero-order valence-electron chi connectivity index (χ0n) is 84.9. The molecule has 9 aromatic rings. The van der Waals surface area contributed by atoms with E-state index in [4.69, 9.17) is 133 Å². The molecule has 5 aliphatic carbocycles. The molecular formula is C113H134BCl8IKN5NaO16. The first-order chi connectivity index (χ1) is 68.6. The Bertz CT molecular complexity index is 5610. The van der Waals surface area contributed by atoms with Crippen molar-refractivity contribution in [3.63, 3.8) is 0 Å². The van der Waals surface area contributed by atoms with E-state index in [0.29, 0.717) is 45.2 Å². The van der Waals surface area contributed by atoms with Crippen LogP contribution in [0.2, 0.25) is 30.1 Å². The zero-order chi connectivity index (χ0) is 103. The summed E-state index contributed by atoms with van der Waals surface area (Å²) in [6.07, 6.45) is 28.4. The Balaban J connectivity index is 0.000000202. The summed E-state index contributed by atoms with van der Waals surface area (Å²) >= 11 is 45.5. The second-order valence-corrected chi connectivity index (χ2v) is 42.1. The Morgan fingerprint density at radius 3 is 1.27 bits per heavy atom. The first-order valence-electron chi connectivity index (χ1n) is 49.3. The van der Waals surface area contributed by atoms with Crippen LogP contribution in [0.15, 0.2) is 223 Å². The van der Waals surface area contributed by atoms with Gasteiger partial charge in [0.05, 0.1) is 32.1 Å². The SMILES string of the molecule is CC(=O)OOC(C)=O.CC(Cl)OC(=O)Cl.Cc1cc(Cl)ccc1O.Cc1cc(Cl)ccc1OCC1=CCN(Cc2ccccc2)CC1.Clc1ccc2c(c1)C1(CCCCC1)CO2.Clc1ccc2c(c1)C1(CCN(Cc3ccccc3)CC1)CO2.Clc1ccc2c(c1)C1(CCN([C@@H]3C[C@@H]4CC[C@H]3C4)CC1)CO2.Nc1cc(Cl)ccc1O.O=C1C[C@@H]2CC[C@H]1C2.OCC1=CCN(Cc2ccccc2)CC1.[B-]OC(C)=O.[I-].[K+].[Na+]. The number of alkyl halides is 1. The van der Waals surface area contributed by atoms with E-state index in [1.165, 1.54) is 173 Å². The second-order valence-electron chi connectivity index (χ2n) is 38.6. The molecule has 2 saturated heterocycles. The quantitative estimate of drug-likeness (QED) is 0.0102. The Morgan fingerprint density at radius 2 is 0.918 bits per heavy atom. The molecule has 7 fully saturated rings. The molecular weight excluding hydrogens is 2170 g/mol. The summed E-state index contributed by atoms with van der Waals surface area (Å²) in [6.45, 7) is 24.1. The minimum atomic E-state index is -0.873. The minimum Gasteiger partial charge on any atom is -1.00 e. The van der Waals surface area contributed by atoms with Gasteiger partial charge in [-0.1, -0.05) is 210 Å². The summed E-state index contributed by atoms with van der Waals surface area (Å²) in [5.41, 5.74) is 17.4. The average Bonchev–Trinajstić information content (AvgIpc) is 1.58. The fourth-order valence-electron chi connectivity index (χ4n) is 20.5. The van der Waals surface area contributed by atoms with Gasteiger partial charge in [-0.25, -0.2) is 24.2 Å². The van der Waals surface area contributed by atoms with Crippen molar-refractivity contribution in [2.45, 2.75) is 211 Å². The number of halogens is 9. The van der Waals surface area contributed by atoms with Gasteiger partial charge in [0, 0.05) is 160 Å². The second kappa shape index (κ2) is 63.7. The van der Waals surface area contributed by atoms with Crippen LogP contribution >= 0.6 is 92.8 Å². The molecule has 6 atom stereocenters. The summed E-state index contributed by atoms with van der Waals surface area (Å²) in [4.78, 5) is 67.6. The number of phenols is 2. The van der Waals surface area contributed by atoms with Gasteiger partial charge in [-0.15, -0.1) is 0 Å². The van der Waals surface area contributed by atoms with Crippen molar-refractivity contribution in [2.24, 2.45) is 23.7 Å². The molecule has 7 heterocycles. The van der Waals surface area contributed by atoms with Crippen LogP contribution in [0.4, 0.5) is 10.5 Å². The van der Waals surface area contributed by atoms with E-state index < -0.39 is 28.9 Å². The monoisotopic (exact) mass is 2300 g/mol. The van der Waals surface area contributed by atoms with E-state index in [9.17, 15) is 24.0 Å². The van der Waals surface area contributed by atoms with E-state index in [0.717, 1.165) is 203 Å². The molecule has 5 saturated carbocycles. The van der Waals surface area contributed by atoms with Crippen molar-refractivity contribution in [1.82, 2.24) is 19.6 Å². The third kappa shape index (κ3) is 40.2. The minimum absolute atomic E-state index is 0. The topological polar surface area (TPSA) is 259 Å². The van der Waals surface area contributed by atoms with E-state index in [1.54, 1.807) is 31.2 Å². The first-order valence-corrected chi connectivity index (χ1v) is 52.4. The molecule has 4 bridgehead atoms. The Labute approximate surface area is 985 Å². The first kappa shape index (κ1) is 125. The number of nitrogens with two attached hydrogens (primary N) is 1. The van der Waals surface area contributed by atoms with E-state index in [-0.39, 0.29) is 128 Å². The maximum absolute atomic E-state index is 10.8. The molecule has 12 aliphatic rings. The van der Waals surface area contributed by atoms with E-state index in [1.807, 2.05) is 61.5 Å². The summed E-state index contributed by atoms with van der Waals surface area (Å²) in [6, 6.07) is 66.2. The molecule has 3 radical (unpaired) electrons. The largest absolute Gasteiger partial charge is 1.00 e. The van der Waals surface area contributed by atoms with E-state index in [2.05, 4.69) is 168 Å². The van der Waals surface area contributed by atoms with Crippen LogP contribution in [0, 0.1) is 37.5 Å². The number of carbonyl (C=O) groups excluding carboxylic acids is 5. The molecule has 775 valence electrons. The summed E-state index contributed by atoms with van der Waals surface area (Å²) in [5.74, 6) is 6.57. The Hall–Kier alpha value is -5.84. The predicted molar refractivity (Wildman–Crippen MR) is 572 cm³/mol. The normalized spacial score (nSPS) is 19.8. The van der Waals surface area contributed by atoms with Gasteiger partial charge in [-0.2, -0.15) is 0 Å². The Morgan fingerprint density at radius 1 is 0.500 bits per heavy atom. The molecule has 7 aliphatic heterocycles. The van der Waals surface area contributed by atoms with Crippen molar-refractivity contribution in [3.05, 3.63) is 298 Å². The van der Waals surface area contributed by atoms with Gasteiger partial charge in [0.2, 0.25) is 5.97 Å². The zero-order valence-corrected chi connectivity index (χ0v) is 98.2. The molecule has 9 aromatic carbocycles. The number of Topliss-reactive ketones (excluding diaryl/α,β-unsaturated/α-hetero) is 1. The number of aliphatic hydroxyl groups excluding tert-OH is 1. The number of aryl methyl sites for hydroxylation is 2. The van der Waals surface area contributed by atoms with Crippen LogP contribution in [0.1, 0.15) is 194 Å². The third-order valence-electron chi connectivity index (χ3n) is 28.2. The maximum atomic E-state index is 10.8. The van der Waals surface area contributed by atoms with Crippen LogP contribution in [0.3, 0.4) is 0 Å². The van der Waals surface area contributed by atoms with Gasteiger partial charge in [0.25, 0.3) is 0 Å². The van der Waals surface area contributed by atoms with Crippen LogP contribution < -0.4 is 130 Å². The van der Waals surface area contributed by atoms with Crippen molar-refractivity contribution in [2.75, 3.05) is 91.1 Å². The molecule has 21 nitrogen and oxygen atoms in total. The fourth-order valence-corrected chi connectivity index (χ4v) is 21.9. The van der Waals surface area contributed by atoms with Gasteiger partial charge < -0.3 is 86.3 Å². The van der Waals surface area contributed by atoms with Crippen molar-refractivity contribution in [3.8, 4) is 34.5 Å². The molecule has 21 rings (SSSR count). The number of fused-ring (bicyclic) bond motifs is 10. The number of aliphatic hydroxyl groups is 1. The van der Waals surface area contributed by atoms with Crippen LogP contribution in [-0.2, 0) is 74.2 Å². The number of benzene rings is 9. The van der Waals surface area contributed by atoms with Crippen LogP contribution in [-0.4, -0.2) is 169 Å². The number of nitrogen functional groups attached to an aromatic ring is 1. The molecule has 0 aromatic heterocycles. The number of aromatic hydroxyl groups is 2. The van der Waals surface area contributed by atoms with Crippen molar-refractivity contribution in [1.29, 1.82) is 0 Å². The van der Waals surface area contributed by atoms with Crippen molar-refractivity contribution >= 4 is 136 Å². The molecule has 1 unspecified atom stereocenters. The number of ether oxygens (including phenoxy) is 5. The van der Waals surface area contributed by atoms with Crippen LogP contribution in [0.5, 0.6) is 34.5 Å². The van der Waals surface area contributed by atoms with E-state index >= 15 is 0 Å². The number of phenolic OH excluding ortho intramolecular Hbond substituents is 2. The molecule has 0 amide bonds. The summed E-state index contributed by atoms with van der Waals surface area (Å²) in [5, 5.41) is 31.3. The summed E-state index contributed by atoms with van der Waals surface area (Å²) < 4.78 is 31.4. The number of hydrogen-bond donors (Lipinski definition) is 4. The number of ketones is 1. The van der Waals surface area contributed by atoms with Crippen LogP contribution in [0.25, 0.3) is 0 Å². The van der Waals surface area contributed by atoms with Crippen molar-refractivity contribution < 1.29 is 182 Å². The molecule has 3 spiro atoms. The predicted octanol–water partition coefficient (Wildman–Crippen LogP) is 17.1.